The maximum absolute atomic E-state index is 11.3. The number of aliphatic carboxylic acids is 1. The van der Waals surface area contributed by atoms with Crippen LogP contribution in [0.2, 0.25) is 0 Å². The Morgan fingerprint density at radius 2 is 1.80 bits per heavy atom. The first-order valence-corrected chi connectivity index (χ1v) is 8.35. The van der Waals surface area contributed by atoms with Crippen LogP contribution in [0.5, 0.6) is 0 Å². The largest absolute Gasteiger partial charge is 0.548 e. The highest BCUT2D eigenvalue weighted by molar-refractivity contribution is 5.80. The van der Waals surface area contributed by atoms with E-state index in [4.69, 9.17) is 4.42 Å². The molecule has 4 heteroatoms. The predicted molar refractivity (Wildman–Crippen MR) is 95.8 cm³/mol. The minimum atomic E-state index is -1.17. The Bertz CT molecular complexity index is 987. The minimum absolute atomic E-state index is 0.376. The fourth-order valence-electron chi connectivity index (χ4n) is 2.75. The molecule has 0 fully saturated rings. The summed E-state index contributed by atoms with van der Waals surface area (Å²) in [6, 6.07) is 14.6. The molecule has 0 saturated carbocycles. The number of carbonyl (C=O) groups is 1. The highest BCUT2D eigenvalue weighted by Crippen LogP contribution is 2.24. The minimum Gasteiger partial charge on any atom is -0.548 e. The van der Waals surface area contributed by atoms with Gasteiger partial charge in [-0.05, 0) is 43.5 Å². The van der Waals surface area contributed by atoms with E-state index in [1.807, 2.05) is 56.3 Å². The van der Waals surface area contributed by atoms with Crippen LogP contribution in [0, 0.1) is 13.8 Å². The van der Waals surface area contributed by atoms with Gasteiger partial charge < -0.3 is 14.3 Å². The molecule has 4 nitrogen and oxygen atoms in total. The van der Waals surface area contributed by atoms with E-state index in [1.165, 1.54) is 0 Å². The van der Waals surface area contributed by atoms with Gasteiger partial charge in [0.2, 0.25) is 0 Å². The topological polar surface area (TPSA) is 65.6 Å². The second-order valence-corrected chi connectivity index (χ2v) is 6.17. The molecule has 25 heavy (non-hydrogen) atoms. The van der Waals surface area contributed by atoms with Crippen molar-refractivity contribution in [3.8, 4) is 11.3 Å². The first-order valence-electron chi connectivity index (χ1n) is 8.35. The lowest BCUT2D eigenvalue weighted by molar-refractivity contribution is -0.307. The number of carbonyl (C=O) groups excluding carboxylic acids is 1. The molecular weight excluding hydrogens is 314 g/mol. The van der Waals surface area contributed by atoms with Gasteiger partial charge in [0.25, 0.3) is 0 Å². The summed E-state index contributed by atoms with van der Waals surface area (Å²) in [7, 11) is 0. The Morgan fingerprint density at radius 3 is 2.44 bits per heavy atom. The number of carboxylic acids is 1. The second kappa shape index (κ2) is 6.93. The average molecular weight is 334 g/mol. The molecule has 0 spiro atoms. The van der Waals surface area contributed by atoms with Crippen molar-refractivity contribution in [2.45, 2.75) is 33.2 Å². The van der Waals surface area contributed by atoms with Crippen molar-refractivity contribution >= 4 is 16.9 Å². The number of rotatable bonds is 4. The van der Waals surface area contributed by atoms with E-state index in [1.54, 1.807) is 13.0 Å². The summed E-state index contributed by atoms with van der Waals surface area (Å²) < 4.78 is 6.08. The molecule has 0 bridgehead atoms. The molecule has 2 aromatic carbocycles. The molecule has 1 aromatic heterocycles. The van der Waals surface area contributed by atoms with Crippen LogP contribution >= 0.6 is 0 Å². The van der Waals surface area contributed by atoms with E-state index >= 15 is 0 Å². The van der Waals surface area contributed by atoms with Crippen LogP contribution in [0.4, 0.5) is 0 Å². The van der Waals surface area contributed by atoms with Gasteiger partial charge >= 0.3 is 0 Å². The van der Waals surface area contributed by atoms with Crippen molar-refractivity contribution in [1.82, 2.24) is 0 Å². The molecule has 0 aliphatic carbocycles. The molecule has 3 rings (SSSR count). The van der Waals surface area contributed by atoms with Gasteiger partial charge in [0.1, 0.15) is 11.3 Å². The van der Waals surface area contributed by atoms with Gasteiger partial charge in [0.15, 0.2) is 0 Å². The van der Waals surface area contributed by atoms with Gasteiger partial charge in [0, 0.05) is 17.0 Å². The van der Waals surface area contributed by atoms with Gasteiger partial charge in [-0.3, -0.25) is 4.99 Å². The highest BCUT2D eigenvalue weighted by atomic mass is 16.4. The molecule has 1 unspecified atom stereocenters. The van der Waals surface area contributed by atoms with E-state index in [0.717, 1.165) is 22.1 Å². The number of carboxylic acid groups (broad SMARTS) is 1. The third kappa shape index (κ3) is 3.48. The standard InChI is InChI=1S/C21H21NO3/c1-4-17(21(23)24)22-18-12-19(15-8-6-5-7-9-15)25-20-11-14(3)13(2)10-16(18)20/h5-12,17H,4H2,1-3H3,(H,23,24)/p-1. The number of hydrogen-bond donors (Lipinski definition) is 0. The van der Waals surface area contributed by atoms with Crippen molar-refractivity contribution in [2.75, 3.05) is 0 Å². The van der Waals surface area contributed by atoms with E-state index < -0.39 is 12.0 Å². The second-order valence-electron chi connectivity index (χ2n) is 6.17. The molecule has 1 atom stereocenters. The van der Waals surface area contributed by atoms with Crippen molar-refractivity contribution in [2.24, 2.45) is 4.99 Å². The molecule has 128 valence electrons. The smallest absolute Gasteiger partial charge is 0.137 e. The predicted octanol–water partition coefficient (Wildman–Crippen LogP) is 3.15. The number of benzene rings is 2. The number of aryl methyl sites for hydroxylation is 2. The van der Waals surface area contributed by atoms with Crippen LogP contribution in [-0.2, 0) is 4.79 Å². The highest BCUT2D eigenvalue weighted by Gasteiger charge is 2.10. The first kappa shape index (κ1) is 17.0. The molecule has 0 radical (unpaired) electrons. The normalized spacial score (nSPS) is 13.2. The lowest BCUT2D eigenvalue weighted by Crippen LogP contribution is -2.35. The zero-order chi connectivity index (χ0) is 18.0. The summed E-state index contributed by atoms with van der Waals surface area (Å²) in [5.41, 5.74) is 3.82. The van der Waals surface area contributed by atoms with Crippen LogP contribution in [0.25, 0.3) is 22.3 Å². The van der Waals surface area contributed by atoms with Gasteiger partial charge in [-0.25, -0.2) is 0 Å². The van der Waals surface area contributed by atoms with E-state index in [2.05, 4.69) is 4.99 Å². The quantitative estimate of drug-likeness (QED) is 0.736. The number of nitrogens with zero attached hydrogens (tertiary/aromatic N) is 1. The van der Waals surface area contributed by atoms with Gasteiger partial charge in [-0.1, -0.05) is 37.3 Å². The third-order valence-electron chi connectivity index (χ3n) is 4.37. The Labute approximate surface area is 146 Å². The maximum atomic E-state index is 11.3. The van der Waals surface area contributed by atoms with Crippen LogP contribution < -0.4 is 10.5 Å². The number of fused-ring (bicyclic) bond motifs is 1. The monoisotopic (exact) mass is 334 g/mol. The molecule has 3 aromatic rings. The average Bonchev–Trinajstić information content (AvgIpc) is 2.61. The van der Waals surface area contributed by atoms with Gasteiger partial charge in [-0.15, -0.1) is 0 Å². The Kier molecular flexibility index (Phi) is 4.70. The van der Waals surface area contributed by atoms with Crippen molar-refractivity contribution in [1.29, 1.82) is 0 Å². The van der Waals surface area contributed by atoms with Crippen LogP contribution in [0.15, 0.2) is 57.9 Å². The zero-order valence-corrected chi connectivity index (χ0v) is 14.6. The zero-order valence-electron chi connectivity index (χ0n) is 14.6. The van der Waals surface area contributed by atoms with E-state index in [-0.39, 0.29) is 0 Å². The molecule has 1 heterocycles. The molecule has 0 N–H and O–H groups in total. The first-order chi connectivity index (χ1) is 12.0. The molecule has 0 saturated heterocycles. The lowest BCUT2D eigenvalue weighted by Gasteiger charge is -2.12. The molecule has 0 aliphatic heterocycles. The lowest BCUT2D eigenvalue weighted by atomic mass is 10.1. The fourth-order valence-corrected chi connectivity index (χ4v) is 2.75. The Morgan fingerprint density at radius 1 is 1.12 bits per heavy atom. The molecule has 0 amide bonds. The van der Waals surface area contributed by atoms with Crippen LogP contribution in [0.3, 0.4) is 0 Å². The summed E-state index contributed by atoms with van der Waals surface area (Å²) in [6.07, 6.45) is 0.376. The van der Waals surface area contributed by atoms with Crippen LogP contribution in [0.1, 0.15) is 24.5 Å². The van der Waals surface area contributed by atoms with E-state index in [0.29, 0.717) is 23.1 Å². The van der Waals surface area contributed by atoms with Gasteiger partial charge in [0.05, 0.1) is 17.4 Å². The van der Waals surface area contributed by atoms with Gasteiger partial charge in [-0.2, -0.15) is 0 Å². The Hall–Kier alpha value is -2.88. The number of hydrogen-bond acceptors (Lipinski definition) is 4. The van der Waals surface area contributed by atoms with Crippen molar-refractivity contribution in [3.63, 3.8) is 0 Å². The molecule has 0 aliphatic rings. The summed E-state index contributed by atoms with van der Waals surface area (Å²) >= 11 is 0. The summed E-state index contributed by atoms with van der Waals surface area (Å²) in [6.45, 7) is 5.82. The SMILES string of the molecule is CCC(N=c1cc(-c2ccccc2)oc2cc(C)c(C)cc12)C(=O)[O-]. The third-order valence-corrected chi connectivity index (χ3v) is 4.37. The van der Waals surface area contributed by atoms with Crippen molar-refractivity contribution in [3.05, 3.63) is 65.0 Å². The maximum Gasteiger partial charge on any atom is 0.137 e. The summed E-state index contributed by atoms with van der Waals surface area (Å²) in [5.74, 6) is -0.509. The van der Waals surface area contributed by atoms with E-state index in [9.17, 15) is 9.90 Å². The molecular formula is C21H20NO3-. The Balaban J connectivity index is 2.34. The van der Waals surface area contributed by atoms with Crippen molar-refractivity contribution < 1.29 is 14.3 Å². The fraction of sp³-hybridized carbons (Fsp3) is 0.238. The summed E-state index contributed by atoms with van der Waals surface area (Å²) in [4.78, 5) is 15.8. The summed E-state index contributed by atoms with van der Waals surface area (Å²) in [5, 5.41) is 12.7. The van der Waals surface area contributed by atoms with Crippen LogP contribution in [-0.4, -0.2) is 12.0 Å².